The number of carbonyl (C=O) groups excluding carboxylic acids is 1. The highest BCUT2D eigenvalue weighted by Gasteiger charge is 2.39. The number of hydrogen-bond acceptors (Lipinski definition) is 10. The van der Waals surface area contributed by atoms with E-state index >= 15 is 0 Å². The first-order chi connectivity index (χ1) is 24.9. The number of anilines is 5. The quantitative estimate of drug-likeness (QED) is 0.144. The van der Waals surface area contributed by atoms with E-state index in [1.54, 1.807) is 12.4 Å². The van der Waals surface area contributed by atoms with Crippen LogP contribution >= 0.6 is 11.6 Å². The molecule has 4 heterocycles. The summed E-state index contributed by atoms with van der Waals surface area (Å²) in [5.41, 5.74) is 4.60. The van der Waals surface area contributed by atoms with Gasteiger partial charge < -0.3 is 36.6 Å². The van der Waals surface area contributed by atoms with Crippen molar-refractivity contribution in [2.24, 2.45) is 5.92 Å². The third-order valence-corrected chi connectivity index (χ3v) is 7.00. The molecule has 3 aromatic rings. The third kappa shape index (κ3) is 16.1. The van der Waals surface area contributed by atoms with Crippen molar-refractivity contribution >= 4 is 64.2 Å². The van der Waals surface area contributed by atoms with Crippen LogP contribution in [0.1, 0.15) is 30.4 Å². The summed E-state index contributed by atoms with van der Waals surface area (Å²) in [6, 6.07) is 7.94. The van der Waals surface area contributed by atoms with Gasteiger partial charge in [-0.05, 0) is 80.1 Å². The highest BCUT2D eigenvalue weighted by atomic mass is 35.5. The van der Waals surface area contributed by atoms with E-state index in [1.165, 1.54) is 0 Å². The van der Waals surface area contributed by atoms with Crippen molar-refractivity contribution in [2.75, 3.05) is 29.0 Å². The van der Waals surface area contributed by atoms with E-state index in [2.05, 4.69) is 36.2 Å². The summed E-state index contributed by atoms with van der Waals surface area (Å²) in [5, 5.41) is 34.8. The number of benzene rings is 1. The van der Waals surface area contributed by atoms with Crippen LogP contribution < -0.4 is 21.3 Å². The molecule has 6 bridgehead atoms. The molecule has 24 heteroatoms. The SMILES string of the molecule is O=C(C[C@H]1CCCNC1)Nc1ccc2cc1CCc1cncc(c1)Nc1ncc(Cl)c(n1)N2.O=C(O)C(F)(F)F.O=C(O)C(F)(F)F.O=C(O)C(F)(F)F. The molecule has 0 unspecified atom stereocenters. The molecule has 2 aliphatic heterocycles. The van der Waals surface area contributed by atoms with Crippen molar-refractivity contribution in [1.82, 2.24) is 20.3 Å². The van der Waals surface area contributed by atoms with Gasteiger partial charge in [0.1, 0.15) is 5.02 Å². The Balaban J connectivity index is 0.000000393. The van der Waals surface area contributed by atoms with Gasteiger partial charge in [0.15, 0.2) is 5.82 Å². The first kappa shape index (κ1) is 44.7. The summed E-state index contributed by atoms with van der Waals surface area (Å²) < 4.78 is 95.2. The van der Waals surface area contributed by atoms with Gasteiger partial charge in [-0.2, -0.15) is 44.5 Å². The maximum Gasteiger partial charge on any atom is 0.490 e. The molecule has 1 amide bonds. The van der Waals surface area contributed by atoms with Crippen LogP contribution in [0.25, 0.3) is 0 Å². The van der Waals surface area contributed by atoms with E-state index in [0.29, 0.717) is 29.1 Å². The normalized spacial score (nSPS) is 15.0. The fourth-order valence-corrected chi connectivity index (χ4v) is 4.45. The summed E-state index contributed by atoms with van der Waals surface area (Å²) in [6.07, 6.45) is -5.82. The number of carbonyl (C=O) groups is 4. The number of fused-ring (bicyclic) bond motifs is 6. The highest BCUT2D eigenvalue weighted by molar-refractivity contribution is 6.32. The average molecular weight is 806 g/mol. The Kier molecular flexibility index (Phi) is 16.2. The summed E-state index contributed by atoms with van der Waals surface area (Å²) in [4.78, 5) is 52.6. The number of piperidine rings is 1. The number of amides is 1. The van der Waals surface area contributed by atoms with Gasteiger partial charge in [-0.1, -0.05) is 11.6 Å². The first-order valence-electron chi connectivity index (χ1n) is 15.0. The van der Waals surface area contributed by atoms with Gasteiger partial charge in [0.25, 0.3) is 0 Å². The maximum atomic E-state index is 12.8. The van der Waals surface area contributed by atoms with E-state index in [0.717, 1.165) is 67.0 Å². The minimum Gasteiger partial charge on any atom is -0.475 e. The molecule has 0 spiro atoms. The summed E-state index contributed by atoms with van der Waals surface area (Å²) >= 11 is 6.34. The van der Waals surface area contributed by atoms with Crippen LogP contribution in [0.3, 0.4) is 0 Å². The van der Waals surface area contributed by atoms with E-state index in [4.69, 9.17) is 41.3 Å². The Bertz CT molecular complexity index is 1720. The van der Waals surface area contributed by atoms with Crippen LogP contribution in [0.4, 0.5) is 68.3 Å². The van der Waals surface area contributed by atoms with Crippen molar-refractivity contribution in [3.63, 3.8) is 0 Å². The van der Waals surface area contributed by atoms with E-state index in [-0.39, 0.29) is 5.91 Å². The summed E-state index contributed by atoms with van der Waals surface area (Å²) in [7, 11) is 0. The number of aryl methyl sites for hydroxylation is 2. The molecule has 2 aromatic heterocycles. The Morgan fingerprint density at radius 3 is 1.94 bits per heavy atom. The lowest BCUT2D eigenvalue weighted by Crippen LogP contribution is -2.32. The topological polar surface area (TPSA) is 216 Å². The second kappa shape index (κ2) is 19.6. The number of nitrogens with one attached hydrogen (secondary N) is 4. The fraction of sp³-hybridized carbons (Fsp3) is 0.367. The minimum atomic E-state index is -5.08. The van der Waals surface area contributed by atoms with Crippen molar-refractivity contribution in [3.05, 3.63) is 59.0 Å². The van der Waals surface area contributed by atoms with E-state index in [9.17, 15) is 44.3 Å². The number of carboxylic acids is 3. The fourth-order valence-electron chi connectivity index (χ4n) is 4.31. The lowest BCUT2D eigenvalue weighted by atomic mass is 9.95. The number of halogens is 10. The van der Waals surface area contributed by atoms with Crippen molar-refractivity contribution in [2.45, 2.75) is 50.6 Å². The number of aliphatic carboxylic acids is 3. The number of pyridine rings is 1. The molecule has 0 saturated carbocycles. The van der Waals surface area contributed by atoms with Gasteiger partial charge in [-0.15, -0.1) is 0 Å². The van der Waals surface area contributed by atoms with Crippen LogP contribution in [-0.4, -0.2) is 85.7 Å². The molecule has 1 atom stereocenters. The minimum absolute atomic E-state index is 0.0555. The monoisotopic (exact) mass is 805 g/mol. The van der Waals surface area contributed by atoms with Gasteiger partial charge in [-0.25, -0.2) is 19.4 Å². The number of alkyl halides is 9. The van der Waals surface area contributed by atoms with E-state index < -0.39 is 36.4 Å². The zero-order chi connectivity index (χ0) is 40.9. The Labute approximate surface area is 303 Å². The molecule has 7 N–H and O–H groups in total. The van der Waals surface area contributed by atoms with Crippen LogP contribution in [0, 0.1) is 5.92 Å². The number of carboxylic acid groups (broad SMARTS) is 3. The van der Waals surface area contributed by atoms with Crippen LogP contribution in [0.15, 0.2) is 42.9 Å². The molecule has 1 saturated heterocycles. The number of aromatic nitrogens is 3. The van der Waals surface area contributed by atoms with Gasteiger partial charge in [0.2, 0.25) is 11.9 Å². The average Bonchev–Trinajstić information content (AvgIpc) is 3.06. The lowest BCUT2D eigenvalue weighted by molar-refractivity contribution is -0.193. The maximum absolute atomic E-state index is 12.8. The van der Waals surface area contributed by atoms with E-state index in [1.807, 2.05) is 30.5 Å². The van der Waals surface area contributed by atoms with Crippen LogP contribution in [0.2, 0.25) is 5.02 Å². The second-order valence-electron chi connectivity index (χ2n) is 11.0. The zero-order valence-corrected chi connectivity index (χ0v) is 27.9. The predicted molar refractivity (Wildman–Crippen MR) is 172 cm³/mol. The van der Waals surface area contributed by atoms with Crippen molar-refractivity contribution in [3.8, 4) is 0 Å². The molecule has 1 aromatic carbocycles. The smallest absolute Gasteiger partial charge is 0.475 e. The van der Waals surface area contributed by atoms with Crippen LogP contribution in [-0.2, 0) is 32.0 Å². The molecule has 2 aliphatic rings. The number of rotatable bonds is 3. The largest absolute Gasteiger partial charge is 0.490 e. The number of hydrogen-bond donors (Lipinski definition) is 7. The van der Waals surface area contributed by atoms with Gasteiger partial charge >= 0.3 is 36.4 Å². The third-order valence-electron chi connectivity index (χ3n) is 6.72. The standard InChI is InChI=1S/C24H26ClN7O.3C2HF3O2/c25-20-14-28-24-30-19-8-16(12-27-13-19)3-4-17-10-18(29-23(20)32-24)5-6-21(17)31-22(33)9-15-2-1-7-26-11-15;3*3-2(4,5)1(6)7/h5-6,8,10,12-15,26H,1-4,7,9,11H2,(H,31,33)(H2,28,29,30,32);3*(H,6,7)/t15-;;;/m1.../s1. The first-order valence-corrected chi connectivity index (χ1v) is 15.4. The molecule has 5 rings (SSSR count). The van der Waals surface area contributed by atoms with Gasteiger partial charge in [-0.3, -0.25) is 9.78 Å². The summed E-state index contributed by atoms with van der Waals surface area (Å²) in [5.74, 6) is -6.89. The van der Waals surface area contributed by atoms with Crippen molar-refractivity contribution < 1.29 is 74.0 Å². The van der Waals surface area contributed by atoms with Crippen molar-refractivity contribution in [1.29, 1.82) is 0 Å². The Morgan fingerprint density at radius 2 is 1.41 bits per heavy atom. The highest BCUT2D eigenvalue weighted by Crippen LogP contribution is 2.30. The lowest BCUT2D eigenvalue weighted by Gasteiger charge is -2.22. The molecular formula is C30H29ClF9N7O7. The number of nitrogens with zero attached hydrogens (tertiary/aromatic N) is 3. The van der Waals surface area contributed by atoms with Gasteiger partial charge in [0, 0.05) is 24.0 Å². The Hall–Kier alpha value is -5.45. The van der Waals surface area contributed by atoms with Gasteiger partial charge in [0.05, 0.1) is 18.1 Å². The molecule has 296 valence electrons. The zero-order valence-electron chi connectivity index (χ0n) is 27.2. The molecule has 1 fully saturated rings. The second-order valence-corrected chi connectivity index (χ2v) is 11.4. The molecule has 0 aliphatic carbocycles. The molecule has 14 nitrogen and oxygen atoms in total. The Morgan fingerprint density at radius 1 is 0.815 bits per heavy atom. The predicted octanol–water partition coefficient (Wildman–Crippen LogP) is 6.34. The van der Waals surface area contributed by atoms with Crippen LogP contribution in [0.5, 0.6) is 0 Å². The molecule has 54 heavy (non-hydrogen) atoms. The molecule has 0 radical (unpaired) electrons. The molecular weight excluding hydrogens is 777 g/mol. The summed E-state index contributed by atoms with van der Waals surface area (Å²) in [6.45, 7) is 1.95.